The molecule has 1 unspecified atom stereocenters. The van der Waals surface area contributed by atoms with Crippen molar-refractivity contribution >= 4 is 43.5 Å². The lowest BCUT2D eigenvalue weighted by molar-refractivity contribution is 0.414. The van der Waals surface area contributed by atoms with Crippen LogP contribution in [0.15, 0.2) is 45.3 Å². The molecule has 2 aromatic rings. The summed E-state index contributed by atoms with van der Waals surface area (Å²) in [6.07, 6.45) is 0.699. The fraction of sp³-hybridized carbons (Fsp3) is 0.200. The van der Waals surface area contributed by atoms with Gasteiger partial charge in [-0.1, -0.05) is 43.5 Å². The summed E-state index contributed by atoms with van der Waals surface area (Å²) in [6.45, 7) is 0. The topological polar surface area (TPSA) is 35.2 Å². The Morgan fingerprint density at radius 2 is 1.95 bits per heavy atom. The number of benzene rings is 2. The van der Waals surface area contributed by atoms with E-state index in [1.807, 2.05) is 36.4 Å². The Labute approximate surface area is 140 Å². The third kappa shape index (κ3) is 3.98. The van der Waals surface area contributed by atoms with E-state index in [0.717, 1.165) is 25.8 Å². The second-order valence-corrected chi connectivity index (χ2v) is 6.68. The zero-order valence-corrected chi connectivity index (χ0v) is 14.8. The van der Waals surface area contributed by atoms with Crippen molar-refractivity contribution in [2.75, 3.05) is 7.11 Å². The summed E-state index contributed by atoms with van der Waals surface area (Å²) >= 11 is 13.0. The first kappa shape index (κ1) is 15.8. The van der Waals surface area contributed by atoms with E-state index in [2.05, 4.69) is 31.9 Å². The predicted molar refractivity (Wildman–Crippen MR) is 90.5 cm³/mol. The first-order valence-electron chi connectivity index (χ1n) is 6.03. The summed E-state index contributed by atoms with van der Waals surface area (Å²) in [7, 11) is 1.65. The van der Waals surface area contributed by atoms with Crippen molar-refractivity contribution in [3.8, 4) is 5.75 Å². The van der Waals surface area contributed by atoms with E-state index in [1.165, 1.54) is 0 Å². The van der Waals surface area contributed by atoms with Crippen molar-refractivity contribution in [2.45, 2.75) is 12.5 Å². The summed E-state index contributed by atoms with van der Waals surface area (Å²) < 4.78 is 7.20. The van der Waals surface area contributed by atoms with Crippen molar-refractivity contribution in [1.82, 2.24) is 0 Å². The normalized spacial score (nSPS) is 12.2. The molecule has 0 amide bonds. The third-order valence-electron chi connectivity index (χ3n) is 3.01. The number of hydrogen-bond donors (Lipinski definition) is 1. The standard InChI is InChI=1S/C15H14Br2ClNO/c1-20-13-2-3-14(17)9(6-13)7-15(19)10-4-11(16)8-12(18)5-10/h2-6,8,15H,7,19H2,1H3. The van der Waals surface area contributed by atoms with Crippen LogP contribution in [0.25, 0.3) is 0 Å². The summed E-state index contributed by atoms with van der Waals surface area (Å²) in [5.74, 6) is 0.822. The van der Waals surface area contributed by atoms with Gasteiger partial charge in [0.2, 0.25) is 0 Å². The maximum absolute atomic E-state index is 6.28. The van der Waals surface area contributed by atoms with Gasteiger partial charge in [-0.3, -0.25) is 0 Å². The largest absolute Gasteiger partial charge is 0.497 e. The minimum absolute atomic E-state index is 0.131. The number of hydrogen-bond acceptors (Lipinski definition) is 2. The van der Waals surface area contributed by atoms with Gasteiger partial charge in [0.1, 0.15) is 5.75 Å². The van der Waals surface area contributed by atoms with Crippen molar-refractivity contribution in [3.63, 3.8) is 0 Å². The van der Waals surface area contributed by atoms with Gasteiger partial charge in [0.05, 0.1) is 7.11 Å². The van der Waals surface area contributed by atoms with Crippen molar-refractivity contribution in [3.05, 3.63) is 61.5 Å². The highest BCUT2D eigenvalue weighted by molar-refractivity contribution is 9.10. The molecule has 0 aromatic heterocycles. The minimum Gasteiger partial charge on any atom is -0.497 e. The molecule has 2 N–H and O–H groups in total. The molecule has 0 bridgehead atoms. The monoisotopic (exact) mass is 417 g/mol. The molecule has 1 atom stereocenters. The van der Waals surface area contributed by atoms with Crippen LogP contribution < -0.4 is 10.5 Å². The fourth-order valence-electron chi connectivity index (χ4n) is 1.98. The minimum atomic E-state index is -0.131. The number of nitrogens with two attached hydrogens (primary N) is 1. The number of rotatable bonds is 4. The summed E-state index contributed by atoms with van der Waals surface area (Å²) in [6, 6.07) is 11.5. The van der Waals surface area contributed by atoms with Crippen LogP contribution in [0.1, 0.15) is 17.2 Å². The van der Waals surface area contributed by atoms with Gasteiger partial charge in [-0.15, -0.1) is 0 Å². The highest BCUT2D eigenvalue weighted by Gasteiger charge is 2.12. The predicted octanol–water partition coefficient (Wildman–Crippen LogP) is 5.12. The second-order valence-electron chi connectivity index (χ2n) is 4.47. The van der Waals surface area contributed by atoms with E-state index in [9.17, 15) is 0 Å². The average molecular weight is 420 g/mol. The SMILES string of the molecule is COc1ccc(Br)c(CC(N)c2cc(Cl)cc(Br)c2)c1. The molecule has 2 aromatic carbocycles. The molecule has 0 radical (unpaired) electrons. The lowest BCUT2D eigenvalue weighted by atomic mass is 9.99. The van der Waals surface area contributed by atoms with Crippen LogP contribution in [0.3, 0.4) is 0 Å². The molecular weight excluding hydrogens is 405 g/mol. The zero-order chi connectivity index (χ0) is 14.7. The Bertz CT molecular complexity index is 599. The van der Waals surface area contributed by atoms with Gasteiger partial charge in [0, 0.05) is 20.0 Å². The summed E-state index contributed by atoms with van der Waals surface area (Å²) in [5, 5.41) is 0.675. The van der Waals surface area contributed by atoms with Gasteiger partial charge in [-0.2, -0.15) is 0 Å². The Morgan fingerprint density at radius 1 is 1.20 bits per heavy atom. The number of methoxy groups -OCH3 is 1. The Hall–Kier alpha value is -0.550. The summed E-state index contributed by atoms with van der Waals surface area (Å²) in [5.41, 5.74) is 8.39. The molecule has 0 saturated carbocycles. The molecule has 2 rings (SSSR count). The van der Waals surface area contributed by atoms with E-state index in [4.69, 9.17) is 22.1 Å². The quantitative estimate of drug-likeness (QED) is 0.747. The number of halogens is 3. The Kier molecular flexibility index (Phi) is 5.49. The highest BCUT2D eigenvalue weighted by Crippen LogP contribution is 2.29. The van der Waals surface area contributed by atoms with Crippen LogP contribution in [-0.4, -0.2) is 7.11 Å². The van der Waals surface area contributed by atoms with E-state index in [1.54, 1.807) is 7.11 Å². The first-order valence-corrected chi connectivity index (χ1v) is 8.00. The molecule has 5 heteroatoms. The van der Waals surface area contributed by atoms with Crippen molar-refractivity contribution in [2.24, 2.45) is 5.73 Å². The van der Waals surface area contributed by atoms with Crippen LogP contribution in [0.5, 0.6) is 5.75 Å². The molecule has 106 valence electrons. The first-order chi connectivity index (χ1) is 9.49. The smallest absolute Gasteiger partial charge is 0.119 e. The number of ether oxygens (including phenoxy) is 1. The lowest BCUT2D eigenvalue weighted by Gasteiger charge is -2.15. The molecule has 2 nitrogen and oxygen atoms in total. The lowest BCUT2D eigenvalue weighted by Crippen LogP contribution is -2.13. The Balaban J connectivity index is 2.24. The van der Waals surface area contributed by atoms with Gasteiger partial charge < -0.3 is 10.5 Å². The van der Waals surface area contributed by atoms with Crippen LogP contribution in [0.2, 0.25) is 5.02 Å². The maximum Gasteiger partial charge on any atom is 0.119 e. The molecule has 0 spiro atoms. The molecular formula is C15H14Br2ClNO. The van der Waals surface area contributed by atoms with Gasteiger partial charge in [0.25, 0.3) is 0 Å². The molecule has 0 heterocycles. The van der Waals surface area contributed by atoms with Crippen LogP contribution >= 0.6 is 43.5 Å². The average Bonchev–Trinajstić information content (AvgIpc) is 2.40. The Morgan fingerprint density at radius 3 is 2.60 bits per heavy atom. The molecule has 0 saturated heterocycles. The fourth-order valence-corrected chi connectivity index (χ4v) is 3.27. The molecule has 0 aliphatic rings. The van der Waals surface area contributed by atoms with Gasteiger partial charge in [0.15, 0.2) is 0 Å². The van der Waals surface area contributed by atoms with E-state index in [-0.39, 0.29) is 6.04 Å². The maximum atomic E-state index is 6.28. The van der Waals surface area contributed by atoms with E-state index >= 15 is 0 Å². The zero-order valence-electron chi connectivity index (χ0n) is 10.9. The second kappa shape index (κ2) is 6.94. The van der Waals surface area contributed by atoms with Crippen molar-refractivity contribution in [1.29, 1.82) is 0 Å². The highest BCUT2D eigenvalue weighted by atomic mass is 79.9. The summed E-state index contributed by atoms with van der Waals surface area (Å²) in [4.78, 5) is 0. The third-order valence-corrected chi connectivity index (χ3v) is 4.46. The molecule has 20 heavy (non-hydrogen) atoms. The van der Waals surface area contributed by atoms with Crippen molar-refractivity contribution < 1.29 is 4.74 Å². The van der Waals surface area contributed by atoms with E-state index < -0.39 is 0 Å². The van der Waals surface area contributed by atoms with Gasteiger partial charge in [-0.25, -0.2) is 0 Å². The van der Waals surface area contributed by atoms with E-state index in [0.29, 0.717) is 11.4 Å². The van der Waals surface area contributed by atoms with Gasteiger partial charge >= 0.3 is 0 Å². The molecule has 0 aliphatic heterocycles. The van der Waals surface area contributed by atoms with Crippen LogP contribution in [0.4, 0.5) is 0 Å². The molecule has 0 fully saturated rings. The van der Waals surface area contributed by atoms with Crippen LogP contribution in [-0.2, 0) is 6.42 Å². The van der Waals surface area contributed by atoms with Gasteiger partial charge in [-0.05, 0) is 53.9 Å². The molecule has 0 aliphatic carbocycles. The van der Waals surface area contributed by atoms with Crippen LogP contribution in [0, 0.1) is 0 Å².